The van der Waals surface area contributed by atoms with E-state index in [0.29, 0.717) is 5.69 Å². The van der Waals surface area contributed by atoms with Gasteiger partial charge in [0.2, 0.25) is 0 Å². The van der Waals surface area contributed by atoms with Crippen LogP contribution in [-0.2, 0) is 20.2 Å². The molecule has 15 heteroatoms. The van der Waals surface area contributed by atoms with Gasteiger partial charge in [0.1, 0.15) is 15.5 Å². The minimum Gasteiger partial charge on any atom is -1.00 e. The van der Waals surface area contributed by atoms with Crippen molar-refractivity contribution in [2.75, 3.05) is 11.5 Å². The quantitative estimate of drug-likeness (QED) is 0.109. The van der Waals surface area contributed by atoms with Gasteiger partial charge in [-0.1, -0.05) is 0 Å². The van der Waals surface area contributed by atoms with Crippen LogP contribution in [0.2, 0.25) is 0 Å². The Bertz CT molecular complexity index is 1390. The van der Waals surface area contributed by atoms with Gasteiger partial charge in [-0.2, -0.15) is 21.9 Å². The standard InChI is InChI=1S/C16H14N4O7S2.2Na.2H/c17-8-1-3-9(4-2-8)19-20-14-13(28(22,23)24)7-11-10(15(14)21)5-6-12(18)16(11)29(25,26)27;;;;/h1-7,21H,17-18H2,(H,22,23,24)(H,25,26,27);;;;/q;2*+1;2*-1. The number of phenols is 1. The Morgan fingerprint density at radius 2 is 1.39 bits per heavy atom. The number of hydrogen-bond acceptors (Lipinski definition) is 9. The number of nitrogens with zero attached hydrogens (tertiary/aromatic N) is 2. The van der Waals surface area contributed by atoms with E-state index in [1.54, 1.807) is 0 Å². The third-order valence-electron chi connectivity index (χ3n) is 3.91. The Morgan fingerprint density at radius 3 is 1.90 bits per heavy atom. The number of anilines is 2. The average molecular weight is 486 g/mol. The van der Waals surface area contributed by atoms with Gasteiger partial charge in [0.15, 0.2) is 5.75 Å². The van der Waals surface area contributed by atoms with E-state index in [-0.39, 0.29) is 73.0 Å². The van der Waals surface area contributed by atoms with Crippen LogP contribution in [0, 0.1) is 0 Å². The van der Waals surface area contributed by atoms with Gasteiger partial charge >= 0.3 is 59.1 Å². The summed E-state index contributed by atoms with van der Waals surface area (Å²) in [5.74, 6) is -0.792. The summed E-state index contributed by atoms with van der Waals surface area (Å²) in [6.07, 6.45) is 0. The second-order valence-electron chi connectivity index (χ2n) is 5.89. The minimum absolute atomic E-state index is 0. The largest absolute Gasteiger partial charge is 1.00 e. The van der Waals surface area contributed by atoms with Gasteiger partial charge in [0.05, 0.1) is 11.4 Å². The van der Waals surface area contributed by atoms with Crippen molar-refractivity contribution in [3.63, 3.8) is 0 Å². The molecule has 0 aliphatic rings. The number of nitrogen functional groups attached to an aromatic ring is 2. The normalized spacial score (nSPS) is 11.8. The molecule has 0 fully saturated rings. The number of rotatable bonds is 4. The first-order valence-corrected chi connectivity index (χ1v) is 10.6. The van der Waals surface area contributed by atoms with Crippen molar-refractivity contribution in [3.05, 3.63) is 42.5 Å². The van der Waals surface area contributed by atoms with Gasteiger partial charge in [0, 0.05) is 16.5 Å². The molecule has 0 aromatic heterocycles. The SMILES string of the molecule is Nc1ccc(N=Nc2c(S(=O)(=O)O)cc3c(S(=O)(=O)O)c(N)ccc3c2O)cc1.[H-].[H-].[Na+].[Na+]. The zero-order chi connectivity index (χ0) is 21.6. The molecule has 3 rings (SSSR count). The number of phenolic OH excluding ortho intramolecular Hbond substituents is 1. The van der Waals surface area contributed by atoms with Crippen LogP contribution in [0.25, 0.3) is 10.8 Å². The number of fused-ring (bicyclic) bond motifs is 1. The number of azo groups is 1. The van der Waals surface area contributed by atoms with E-state index < -0.39 is 52.5 Å². The summed E-state index contributed by atoms with van der Waals surface area (Å²) in [5, 5.41) is 17.4. The molecule has 0 saturated heterocycles. The summed E-state index contributed by atoms with van der Waals surface area (Å²) in [5.41, 5.74) is 10.8. The van der Waals surface area contributed by atoms with Gasteiger partial charge < -0.3 is 19.4 Å². The van der Waals surface area contributed by atoms with E-state index in [9.17, 15) is 31.0 Å². The van der Waals surface area contributed by atoms with Crippen molar-refractivity contribution in [2.45, 2.75) is 9.79 Å². The number of aromatic hydroxyl groups is 1. The Morgan fingerprint density at radius 1 is 0.806 bits per heavy atom. The molecule has 31 heavy (non-hydrogen) atoms. The topological polar surface area (TPSA) is 206 Å². The monoisotopic (exact) mass is 486 g/mol. The van der Waals surface area contributed by atoms with Gasteiger partial charge in [0.25, 0.3) is 20.2 Å². The van der Waals surface area contributed by atoms with Crippen molar-refractivity contribution in [1.82, 2.24) is 0 Å². The van der Waals surface area contributed by atoms with Crippen molar-refractivity contribution < 1.29 is 93.0 Å². The first-order chi connectivity index (χ1) is 13.4. The predicted molar refractivity (Wildman–Crippen MR) is 107 cm³/mol. The van der Waals surface area contributed by atoms with Crippen LogP contribution in [0.3, 0.4) is 0 Å². The third-order valence-corrected chi connectivity index (χ3v) is 5.75. The number of hydrogen-bond donors (Lipinski definition) is 5. The molecule has 7 N–H and O–H groups in total. The summed E-state index contributed by atoms with van der Waals surface area (Å²) < 4.78 is 66.0. The van der Waals surface area contributed by atoms with Crippen LogP contribution in [-0.4, -0.2) is 31.0 Å². The molecule has 0 aliphatic carbocycles. The van der Waals surface area contributed by atoms with Crippen molar-refractivity contribution in [2.24, 2.45) is 10.2 Å². The van der Waals surface area contributed by atoms with Crippen LogP contribution >= 0.6 is 0 Å². The van der Waals surface area contributed by atoms with E-state index in [0.717, 1.165) is 12.1 Å². The van der Waals surface area contributed by atoms with Crippen LogP contribution in [0.4, 0.5) is 22.7 Å². The van der Waals surface area contributed by atoms with Gasteiger partial charge in [-0.25, -0.2) is 0 Å². The van der Waals surface area contributed by atoms with Crippen molar-refractivity contribution in [1.29, 1.82) is 0 Å². The predicted octanol–water partition coefficient (Wildman–Crippen LogP) is -3.15. The van der Waals surface area contributed by atoms with E-state index in [2.05, 4.69) is 10.2 Å². The van der Waals surface area contributed by atoms with E-state index >= 15 is 0 Å². The Balaban J connectivity index is 0. The van der Waals surface area contributed by atoms with Crippen LogP contribution in [0.1, 0.15) is 2.85 Å². The molecule has 0 saturated carbocycles. The van der Waals surface area contributed by atoms with E-state index in [1.165, 1.54) is 30.3 Å². The van der Waals surface area contributed by atoms with Crippen LogP contribution in [0.5, 0.6) is 5.75 Å². The molecular weight excluding hydrogens is 470 g/mol. The fourth-order valence-electron chi connectivity index (χ4n) is 2.64. The number of benzene rings is 3. The fraction of sp³-hybridized carbons (Fsp3) is 0. The fourth-order valence-corrected chi connectivity index (χ4v) is 4.10. The summed E-state index contributed by atoms with van der Waals surface area (Å²) in [6.45, 7) is 0. The number of nitrogens with two attached hydrogens (primary N) is 2. The first kappa shape index (κ1) is 27.8. The molecule has 0 bridgehead atoms. The molecule has 0 aliphatic heterocycles. The Kier molecular flexibility index (Phi) is 9.07. The molecule has 0 unspecified atom stereocenters. The van der Waals surface area contributed by atoms with Gasteiger partial charge in [-0.3, -0.25) is 9.11 Å². The second-order valence-corrected chi connectivity index (χ2v) is 8.64. The molecule has 11 nitrogen and oxygen atoms in total. The molecule has 0 heterocycles. The Hall–Kier alpha value is -1.26. The smallest absolute Gasteiger partial charge is 1.00 e. The van der Waals surface area contributed by atoms with Crippen molar-refractivity contribution >= 4 is 53.8 Å². The second kappa shape index (κ2) is 10.1. The maximum atomic E-state index is 11.8. The molecule has 3 aromatic carbocycles. The maximum Gasteiger partial charge on any atom is 1.00 e. The van der Waals surface area contributed by atoms with Gasteiger partial charge in [-0.05, 0) is 42.5 Å². The molecule has 0 radical (unpaired) electrons. The van der Waals surface area contributed by atoms with Crippen LogP contribution in [0.15, 0.2) is 62.5 Å². The molecular formula is C16H16N4Na2O7S2. The van der Waals surface area contributed by atoms with Gasteiger partial charge in [-0.15, -0.1) is 5.11 Å². The van der Waals surface area contributed by atoms with E-state index in [1.807, 2.05) is 0 Å². The molecule has 156 valence electrons. The molecule has 0 spiro atoms. The maximum absolute atomic E-state index is 11.8. The summed E-state index contributed by atoms with van der Waals surface area (Å²) in [6, 6.07) is 8.99. The average Bonchev–Trinajstić information content (AvgIpc) is 2.60. The summed E-state index contributed by atoms with van der Waals surface area (Å²) in [7, 11) is -9.87. The van der Waals surface area contributed by atoms with E-state index in [4.69, 9.17) is 11.5 Å². The molecule has 0 amide bonds. The minimum atomic E-state index is -4.98. The summed E-state index contributed by atoms with van der Waals surface area (Å²) in [4.78, 5) is -1.76. The first-order valence-electron chi connectivity index (χ1n) is 7.70. The summed E-state index contributed by atoms with van der Waals surface area (Å²) >= 11 is 0. The van der Waals surface area contributed by atoms with Crippen molar-refractivity contribution in [3.8, 4) is 5.75 Å². The van der Waals surface area contributed by atoms with Crippen LogP contribution < -0.4 is 70.6 Å². The third kappa shape index (κ3) is 5.96. The molecule has 3 aromatic rings. The zero-order valence-corrected chi connectivity index (χ0v) is 22.0. The molecule has 0 atom stereocenters. The Labute approximate surface area is 224 Å². The zero-order valence-electron chi connectivity index (χ0n) is 18.4.